The van der Waals surface area contributed by atoms with Crippen LogP contribution in [0.4, 0.5) is 16.2 Å². The van der Waals surface area contributed by atoms with Crippen molar-refractivity contribution in [3.05, 3.63) is 64.8 Å². The first-order valence-corrected chi connectivity index (χ1v) is 7.86. The Balaban J connectivity index is 1.70. The van der Waals surface area contributed by atoms with Gasteiger partial charge in [-0.25, -0.2) is 9.79 Å². The number of amidine groups is 1. The Morgan fingerprint density at radius 2 is 1.83 bits per heavy atom. The van der Waals surface area contributed by atoms with Crippen LogP contribution in [-0.4, -0.2) is 11.9 Å². The largest absolute Gasteiger partial charge is 0.387 e. The van der Waals surface area contributed by atoms with Crippen LogP contribution in [0.15, 0.2) is 59.2 Å². The zero-order chi connectivity index (χ0) is 17.1. The average Bonchev–Trinajstić information content (AvgIpc) is 2.88. The molecule has 0 aromatic heterocycles. The summed E-state index contributed by atoms with van der Waals surface area (Å²) in [6.07, 6.45) is 0.631. The Labute approximate surface area is 145 Å². The number of anilines is 2. The molecule has 0 saturated heterocycles. The van der Waals surface area contributed by atoms with Crippen molar-refractivity contribution in [3.63, 3.8) is 0 Å². The van der Waals surface area contributed by atoms with Gasteiger partial charge >= 0.3 is 6.03 Å². The number of hydrogen-bond acceptors (Lipinski definition) is 3. The molecular formula is C18H17ClN4O. The summed E-state index contributed by atoms with van der Waals surface area (Å²) in [5.41, 5.74) is 10.1. The van der Waals surface area contributed by atoms with Gasteiger partial charge in [0, 0.05) is 28.5 Å². The second-order valence-electron chi connectivity index (χ2n) is 5.51. The van der Waals surface area contributed by atoms with Crippen LogP contribution < -0.4 is 16.4 Å². The standard InChI is InChI=1S/C18H17ClN4O/c1-11-16(10-17(20)21-11)12-3-2-4-15(9-12)23-18(24)22-14-7-5-13(19)6-8-14/h2-9H,10H2,1H3,(H2,20,21)(H2,22,23,24). The molecule has 4 N–H and O–H groups in total. The van der Waals surface area contributed by atoms with Crippen molar-refractivity contribution >= 4 is 40.4 Å². The number of nitrogens with two attached hydrogens (primary N) is 1. The number of nitrogens with one attached hydrogen (secondary N) is 2. The molecule has 2 aromatic carbocycles. The van der Waals surface area contributed by atoms with E-state index in [4.69, 9.17) is 17.3 Å². The SMILES string of the molecule is CC1=C(c2cccc(NC(=O)Nc3ccc(Cl)cc3)c2)CC(N)=N1. The molecule has 0 fully saturated rings. The fraction of sp³-hybridized carbons (Fsp3) is 0.111. The van der Waals surface area contributed by atoms with Crippen LogP contribution in [0.2, 0.25) is 5.02 Å². The Kier molecular flexibility index (Phi) is 4.53. The molecule has 3 rings (SSSR count). The van der Waals surface area contributed by atoms with Crippen LogP contribution in [0, 0.1) is 0 Å². The van der Waals surface area contributed by atoms with Crippen LogP contribution in [0.1, 0.15) is 18.9 Å². The highest BCUT2D eigenvalue weighted by molar-refractivity contribution is 6.30. The lowest BCUT2D eigenvalue weighted by atomic mass is 10.0. The van der Waals surface area contributed by atoms with Crippen molar-refractivity contribution in [1.82, 2.24) is 0 Å². The van der Waals surface area contributed by atoms with E-state index in [1.54, 1.807) is 24.3 Å². The molecular weight excluding hydrogens is 324 g/mol. The summed E-state index contributed by atoms with van der Waals surface area (Å²) in [7, 11) is 0. The number of carbonyl (C=O) groups excluding carboxylic acids is 1. The van der Waals surface area contributed by atoms with Crippen LogP contribution in [-0.2, 0) is 0 Å². The normalized spacial score (nSPS) is 13.7. The maximum absolute atomic E-state index is 12.1. The summed E-state index contributed by atoms with van der Waals surface area (Å²) in [5, 5.41) is 6.20. The summed E-state index contributed by atoms with van der Waals surface area (Å²) in [5.74, 6) is 0.612. The summed E-state index contributed by atoms with van der Waals surface area (Å²) in [4.78, 5) is 16.4. The monoisotopic (exact) mass is 340 g/mol. The molecule has 2 aromatic rings. The first kappa shape index (κ1) is 16.1. The van der Waals surface area contributed by atoms with E-state index < -0.39 is 0 Å². The number of carbonyl (C=O) groups is 1. The summed E-state index contributed by atoms with van der Waals surface area (Å²) < 4.78 is 0. The number of hydrogen-bond donors (Lipinski definition) is 3. The average molecular weight is 341 g/mol. The number of allylic oxidation sites excluding steroid dienone is 1. The fourth-order valence-electron chi connectivity index (χ4n) is 2.55. The van der Waals surface area contributed by atoms with E-state index in [1.807, 2.05) is 31.2 Å². The second kappa shape index (κ2) is 6.76. The van der Waals surface area contributed by atoms with Gasteiger partial charge in [-0.2, -0.15) is 0 Å². The van der Waals surface area contributed by atoms with Crippen molar-refractivity contribution in [2.75, 3.05) is 10.6 Å². The zero-order valence-corrected chi connectivity index (χ0v) is 13.9. The van der Waals surface area contributed by atoms with Gasteiger partial charge in [-0.15, -0.1) is 0 Å². The maximum atomic E-state index is 12.1. The highest BCUT2D eigenvalue weighted by Gasteiger charge is 2.15. The predicted octanol–water partition coefficient (Wildman–Crippen LogP) is 4.48. The van der Waals surface area contributed by atoms with Crippen molar-refractivity contribution in [2.45, 2.75) is 13.3 Å². The molecule has 6 heteroatoms. The number of benzene rings is 2. The van der Waals surface area contributed by atoms with Gasteiger partial charge in [-0.1, -0.05) is 23.7 Å². The summed E-state index contributed by atoms with van der Waals surface area (Å²) >= 11 is 5.83. The number of nitrogens with zero attached hydrogens (tertiary/aromatic N) is 1. The van der Waals surface area contributed by atoms with E-state index in [2.05, 4.69) is 15.6 Å². The van der Waals surface area contributed by atoms with Crippen molar-refractivity contribution in [3.8, 4) is 0 Å². The molecule has 24 heavy (non-hydrogen) atoms. The molecule has 1 aliphatic rings. The molecule has 0 radical (unpaired) electrons. The maximum Gasteiger partial charge on any atom is 0.323 e. The van der Waals surface area contributed by atoms with Gasteiger partial charge in [0.1, 0.15) is 5.84 Å². The number of halogens is 1. The van der Waals surface area contributed by atoms with Crippen molar-refractivity contribution in [1.29, 1.82) is 0 Å². The Morgan fingerprint density at radius 1 is 1.12 bits per heavy atom. The third-order valence-corrected chi connectivity index (χ3v) is 3.93. The molecule has 0 bridgehead atoms. The first-order chi connectivity index (χ1) is 11.5. The van der Waals surface area contributed by atoms with E-state index >= 15 is 0 Å². The molecule has 1 heterocycles. The third kappa shape index (κ3) is 3.75. The molecule has 5 nitrogen and oxygen atoms in total. The molecule has 0 saturated carbocycles. The molecule has 0 unspecified atom stereocenters. The molecule has 122 valence electrons. The highest BCUT2D eigenvalue weighted by atomic mass is 35.5. The van der Waals surface area contributed by atoms with Crippen LogP contribution in [0.25, 0.3) is 5.57 Å². The molecule has 0 spiro atoms. The highest BCUT2D eigenvalue weighted by Crippen LogP contribution is 2.29. The quantitative estimate of drug-likeness (QED) is 0.770. The van der Waals surface area contributed by atoms with Gasteiger partial charge in [-0.3, -0.25) is 0 Å². The lowest BCUT2D eigenvalue weighted by Gasteiger charge is -2.10. The minimum absolute atomic E-state index is 0.317. The minimum Gasteiger partial charge on any atom is -0.387 e. The van der Waals surface area contributed by atoms with E-state index in [0.29, 0.717) is 28.7 Å². The zero-order valence-electron chi connectivity index (χ0n) is 13.1. The lowest BCUT2D eigenvalue weighted by molar-refractivity contribution is 0.262. The van der Waals surface area contributed by atoms with E-state index in [-0.39, 0.29) is 6.03 Å². The van der Waals surface area contributed by atoms with Gasteiger partial charge < -0.3 is 16.4 Å². The number of urea groups is 1. The lowest BCUT2D eigenvalue weighted by Crippen LogP contribution is -2.19. The Bertz CT molecular complexity index is 840. The number of aliphatic imine (C=N–C) groups is 1. The van der Waals surface area contributed by atoms with E-state index in [1.165, 1.54) is 0 Å². The van der Waals surface area contributed by atoms with Gasteiger partial charge in [0.25, 0.3) is 0 Å². The van der Waals surface area contributed by atoms with Crippen molar-refractivity contribution in [2.24, 2.45) is 10.7 Å². The predicted molar refractivity (Wildman–Crippen MR) is 99.4 cm³/mol. The summed E-state index contributed by atoms with van der Waals surface area (Å²) in [6.45, 7) is 1.93. The number of rotatable bonds is 3. The fourth-order valence-corrected chi connectivity index (χ4v) is 2.68. The van der Waals surface area contributed by atoms with Gasteiger partial charge in [0.15, 0.2) is 0 Å². The summed E-state index contributed by atoms with van der Waals surface area (Å²) in [6, 6.07) is 14.2. The van der Waals surface area contributed by atoms with Crippen LogP contribution >= 0.6 is 11.6 Å². The van der Waals surface area contributed by atoms with Gasteiger partial charge in [0.2, 0.25) is 0 Å². The Morgan fingerprint density at radius 3 is 2.50 bits per heavy atom. The van der Waals surface area contributed by atoms with Crippen LogP contribution in [0.3, 0.4) is 0 Å². The molecule has 2 amide bonds. The van der Waals surface area contributed by atoms with Crippen LogP contribution in [0.5, 0.6) is 0 Å². The smallest absolute Gasteiger partial charge is 0.323 e. The topological polar surface area (TPSA) is 79.5 Å². The Hall–Kier alpha value is -2.79. The van der Waals surface area contributed by atoms with E-state index in [0.717, 1.165) is 16.8 Å². The molecule has 0 atom stereocenters. The van der Waals surface area contributed by atoms with Crippen molar-refractivity contribution < 1.29 is 4.79 Å². The molecule has 0 aliphatic carbocycles. The van der Waals surface area contributed by atoms with E-state index in [9.17, 15) is 4.79 Å². The number of amides is 2. The molecule has 1 aliphatic heterocycles. The second-order valence-corrected chi connectivity index (χ2v) is 5.95. The first-order valence-electron chi connectivity index (χ1n) is 7.48. The third-order valence-electron chi connectivity index (χ3n) is 3.68. The van der Waals surface area contributed by atoms with Gasteiger partial charge in [-0.05, 0) is 54.5 Å². The minimum atomic E-state index is -0.317. The van der Waals surface area contributed by atoms with Gasteiger partial charge in [0.05, 0.1) is 0 Å².